The Labute approximate surface area is 164 Å². The lowest BCUT2D eigenvalue weighted by Crippen LogP contribution is -2.34. The molecule has 28 heavy (non-hydrogen) atoms. The molecule has 2 aromatic carbocycles. The van der Waals surface area contributed by atoms with E-state index in [-0.39, 0.29) is 11.8 Å². The molecule has 0 aromatic heterocycles. The second-order valence-electron chi connectivity index (χ2n) is 6.51. The predicted octanol–water partition coefficient (Wildman–Crippen LogP) is 3.35. The van der Waals surface area contributed by atoms with Crippen LogP contribution in [0.5, 0.6) is 11.5 Å². The molecular weight excluding hydrogens is 360 g/mol. The largest absolute Gasteiger partial charge is 0.497 e. The molecule has 7 nitrogen and oxygen atoms in total. The summed E-state index contributed by atoms with van der Waals surface area (Å²) < 4.78 is 16.2. The van der Waals surface area contributed by atoms with Crippen LogP contribution in [0.4, 0.5) is 11.4 Å². The number of benzene rings is 2. The summed E-state index contributed by atoms with van der Waals surface area (Å²) >= 11 is 0. The number of fused-ring (bicyclic) bond motifs is 1. The molecule has 2 aromatic rings. The highest BCUT2D eigenvalue weighted by Gasteiger charge is 2.23. The quantitative estimate of drug-likeness (QED) is 0.682. The molecule has 1 aliphatic rings. The summed E-state index contributed by atoms with van der Waals surface area (Å²) in [5.41, 5.74) is 2.22. The van der Waals surface area contributed by atoms with Gasteiger partial charge in [0, 0.05) is 18.7 Å². The van der Waals surface area contributed by atoms with Crippen LogP contribution in [0.3, 0.4) is 0 Å². The molecule has 0 spiro atoms. The number of methoxy groups -OCH3 is 1. The van der Waals surface area contributed by atoms with E-state index in [4.69, 9.17) is 14.2 Å². The molecule has 2 amide bonds. The fraction of sp³-hybridized carbons (Fsp3) is 0.333. The first-order chi connectivity index (χ1) is 13.5. The molecule has 3 rings (SSSR count). The van der Waals surface area contributed by atoms with Crippen LogP contribution in [0.1, 0.15) is 25.3 Å². The number of ether oxygens (including phenoxy) is 3. The Morgan fingerprint density at radius 1 is 1.21 bits per heavy atom. The Balaban J connectivity index is 1.38. The molecule has 0 radical (unpaired) electrons. The lowest BCUT2D eigenvalue weighted by Gasteiger charge is -2.23. The summed E-state index contributed by atoms with van der Waals surface area (Å²) in [7, 11) is 1.63. The summed E-state index contributed by atoms with van der Waals surface area (Å²) in [4.78, 5) is 23.8. The molecule has 148 valence electrons. The standard InChI is InChI=1S/C21H24N2O5/c1-14-21(25)23-18-12-16(7-10-19(18)28-14)22-20(24)4-3-11-27-13-15-5-8-17(26-2)9-6-15/h5-10,12,14H,3-4,11,13H2,1-2H3,(H,22,24)(H,23,25)/t14-/m0/s1. The summed E-state index contributed by atoms with van der Waals surface area (Å²) in [6.07, 6.45) is 0.440. The van der Waals surface area contributed by atoms with Crippen molar-refractivity contribution in [3.05, 3.63) is 48.0 Å². The normalized spacial score (nSPS) is 15.2. The number of hydrogen-bond donors (Lipinski definition) is 2. The van der Waals surface area contributed by atoms with Crippen LogP contribution in [-0.2, 0) is 20.9 Å². The highest BCUT2D eigenvalue weighted by molar-refractivity contribution is 5.99. The van der Waals surface area contributed by atoms with Crippen molar-refractivity contribution in [1.29, 1.82) is 0 Å². The van der Waals surface area contributed by atoms with Crippen molar-refractivity contribution < 1.29 is 23.8 Å². The van der Waals surface area contributed by atoms with E-state index in [2.05, 4.69) is 10.6 Å². The minimum atomic E-state index is -0.522. The minimum Gasteiger partial charge on any atom is -0.497 e. The Morgan fingerprint density at radius 2 is 2.00 bits per heavy atom. The number of rotatable bonds is 8. The van der Waals surface area contributed by atoms with E-state index in [1.807, 2.05) is 24.3 Å². The molecule has 0 aliphatic carbocycles. The molecular formula is C21H24N2O5. The molecule has 0 bridgehead atoms. The third-order valence-corrected chi connectivity index (χ3v) is 4.31. The first-order valence-electron chi connectivity index (χ1n) is 9.17. The van der Waals surface area contributed by atoms with E-state index in [1.165, 1.54) is 0 Å². The van der Waals surface area contributed by atoms with Crippen molar-refractivity contribution in [2.75, 3.05) is 24.4 Å². The SMILES string of the molecule is COc1ccc(COCCCC(=O)Nc2ccc3c(c2)NC(=O)[C@H](C)O3)cc1. The van der Waals surface area contributed by atoms with E-state index in [9.17, 15) is 9.59 Å². The van der Waals surface area contributed by atoms with Gasteiger partial charge in [-0.2, -0.15) is 0 Å². The second kappa shape index (κ2) is 9.23. The number of amides is 2. The zero-order valence-corrected chi connectivity index (χ0v) is 16.0. The van der Waals surface area contributed by atoms with Gasteiger partial charge in [0.05, 0.1) is 19.4 Å². The molecule has 2 N–H and O–H groups in total. The first-order valence-corrected chi connectivity index (χ1v) is 9.17. The molecule has 0 fully saturated rings. The predicted molar refractivity (Wildman–Crippen MR) is 106 cm³/mol. The van der Waals surface area contributed by atoms with E-state index < -0.39 is 6.10 Å². The summed E-state index contributed by atoms with van der Waals surface area (Å²) in [5, 5.41) is 5.59. The fourth-order valence-corrected chi connectivity index (χ4v) is 2.76. The smallest absolute Gasteiger partial charge is 0.265 e. The molecule has 1 atom stereocenters. The van der Waals surface area contributed by atoms with E-state index >= 15 is 0 Å². The number of hydrogen-bond acceptors (Lipinski definition) is 5. The van der Waals surface area contributed by atoms with Crippen molar-refractivity contribution in [3.8, 4) is 11.5 Å². The van der Waals surface area contributed by atoms with Crippen molar-refractivity contribution >= 4 is 23.2 Å². The lowest BCUT2D eigenvalue weighted by molar-refractivity contribution is -0.122. The number of nitrogens with one attached hydrogen (secondary N) is 2. The van der Waals surface area contributed by atoms with Crippen molar-refractivity contribution in [2.45, 2.75) is 32.5 Å². The number of anilines is 2. The van der Waals surface area contributed by atoms with Gasteiger partial charge in [-0.1, -0.05) is 12.1 Å². The van der Waals surface area contributed by atoms with Gasteiger partial charge >= 0.3 is 0 Å². The molecule has 0 saturated carbocycles. The first kappa shape index (κ1) is 19.7. The van der Waals surface area contributed by atoms with Crippen LogP contribution in [0.15, 0.2) is 42.5 Å². The summed E-state index contributed by atoms with van der Waals surface area (Å²) in [6.45, 7) is 2.67. The summed E-state index contributed by atoms with van der Waals surface area (Å²) in [6, 6.07) is 12.9. The van der Waals surface area contributed by atoms with Crippen LogP contribution in [0.2, 0.25) is 0 Å². The third kappa shape index (κ3) is 5.23. The maximum absolute atomic E-state index is 12.1. The Kier molecular flexibility index (Phi) is 6.49. The van der Waals surface area contributed by atoms with Gasteiger partial charge in [0.15, 0.2) is 6.10 Å². The topological polar surface area (TPSA) is 85.9 Å². The third-order valence-electron chi connectivity index (χ3n) is 4.31. The van der Waals surface area contributed by atoms with Crippen LogP contribution in [0.25, 0.3) is 0 Å². The van der Waals surface area contributed by atoms with Gasteiger partial charge < -0.3 is 24.8 Å². The average Bonchev–Trinajstić information content (AvgIpc) is 2.69. The Bertz CT molecular complexity index is 835. The highest BCUT2D eigenvalue weighted by Crippen LogP contribution is 2.32. The van der Waals surface area contributed by atoms with E-state index in [1.54, 1.807) is 32.2 Å². The van der Waals surface area contributed by atoms with Crippen molar-refractivity contribution in [2.24, 2.45) is 0 Å². The minimum absolute atomic E-state index is 0.107. The molecule has 0 unspecified atom stereocenters. The lowest BCUT2D eigenvalue weighted by atomic mass is 10.2. The fourth-order valence-electron chi connectivity index (χ4n) is 2.76. The van der Waals surface area contributed by atoms with Crippen LogP contribution in [-0.4, -0.2) is 31.6 Å². The van der Waals surface area contributed by atoms with Crippen LogP contribution < -0.4 is 20.1 Å². The monoisotopic (exact) mass is 384 g/mol. The maximum atomic E-state index is 12.1. The van der Waals surface area contributed by atoms with Gasteiger partial charge in [-0.25, -0.2) is 0 Å². The Morgan fingerprint density at radius 3 is 2.75 bits per heavy atom. The van der Waals surface area contributed by atoms with Crippen LogP contribution >= 0.6 is 0 Å². The van der Waals surface area contributed by atoms with Gasteiger partial charge in [0.2, 0.25) is 5.91 Å². The highest BCUT2D eigenvalue weighted by atomic mass is 16.5. The van der Waals surface area contributed by atoms with Gasteiger partial charge in [-0.15, -0.1) is 0 Å². The van der Waals surface area contributed by atoms with E-state index in [0.717, 1.165) is 11.3 Å². The van der Waals surface area contributed by atoms with Gasteiger partial charge in [-0.05, 0) is 49.2 Å². The maximum Gasteiger partial charge on any atom is 0.265 e. The molecule has 1 heterocycles. The second-order valence-corrected chi connectivity index (χ2v) is 6.51. The van der Waals surface area contributed by atoms with Crippen molar-refractivity contribution in [1.82, 2.24) is 0 Å². The molecule has 0 saturated heterocycles. The van der Waals surface area contributed by atoms with Gasteiger partial charge in [0.25, 0.3) is 5.91 Å². The number of carbonyl (C=O) groups excluding carboxylic acids is 2. The van der Waals surface area contributed by atoms with Crippen LogP contribution in [0, 0.1) is 0 Å². The van der Waals surface area contributed by atoms with Gasteiger partial charge in [-0.3, -0.25) is 9.59 Å². The Hall–Kier alpha value is -3.06. The molecule has 1 aliphatic heterocycles. The number of carbonyl (C=O) groups is 2. The zero-order valence-electron chi connectivity index (χ0n) is 16.0. The van der Waals surface area contributed by atoms with Crippen molar-refractivity contribution in [3.63, 3.8) is 0 Å². The average molecular weight is 384 g/mol. The summed E-state index contributed by atoms with van der Waals surface area (Å²) in [5.74, 6) is 1.09. The molecule has 7 heteroatoms. The van der Waals surface area contributed by atoms with E-state index in [0.29, 0.717) is 43.2 Å². The van der Waals surface area contributed by atoms with Gasteiger partial charge in [0.1, 0.15) is 11.5 Å². The zero-order chi connectivity index (χ0) is 19.9.